The quantitative estimate of drug-likeness (QED) is 0.110. The molecule has 4 fully saturated rings. The van der Waals surface area contributed by atoms with Gasteiger partial charge in [-0.15, -0.1) is 0 Å². The van der Waals surface area contributed by atoms with Gasteiger partial charge in [-0.05, 0) is 6.92 Å². The Bertz CT molecular complexity index is 900. The normalized spacial score (nSPS) is 53.9. The molecular weight excluding hydrogens is 608 g/mol. The van der Waals surface area contributed by atoms with Crippen LogP contribution in [0.3, 0.4) is 0 Å². The predicted molar refractivity (Wildman–Crippen MR) is 132 cm³/mol. The van der Waals surface area contributed by atoms with Crippen molar-refractivity contribution in [3.05, 3.63) is 0 Å². The third kappa shape index (κ3) is 7.05. The van der Waals surface area contributed by atoms with Crippen LogP contribution in [-0.4, -0.2) is 209 Å². The lowest BCUT2D eigenvalue weighted by Crippen LogP contribution is -2.67. The smallest absolute Gasteiger partial charge is 0.187 e. The summed E-state index contributed by atoms with van der Waals surface area (Å²) in [7, 11) is 0. The van der Waals surface area contributed by atoms with Crippen LogP contribution in [-0.2, 0) is 33.2 Å². The average Bonchev–Trinajstić information content (AvgIpc) is 3.00. The van der Waals surface area contributed by atoms with Crippen LogP contribution in [0.2, 0.25) is 0 Å². The molecule has 0 bridgehead atoms. The Kier molecular flexibility index (Phi) is 12.3. The van der Waals surface area contributed by atoms with Crippen molar-refractivity contribution >= 4 is 0 Å². The van der Waals surface area contributed by atoms with Gasteiger partial charge < -0.3 is 99.5 Å². The Morgan fingerprint density at radius 2 is 0.841 bits per heavy atom. The number of rotatable bonds is 9. The van der Waals surface area contributed by atoms with E-state index in [0.717, 1.165) is 0 Å². The van der Waals surface area contributed by atoms with Gasteiger partial charge in [0.2, 0.25) is 0 Å². The van der Waals surface area contributed by atoms with Crippen LogP contribution in [0.25, 0.3) is 0 Å². The fraction of sp³-hybridized carbons (Fsp3) is 1.00. The molecule has 20 nitrogen and oxygen atoms in total. The second kappa shape index (κ2) is 15.0. The van der Waals surface area contributed by atoms with Gasteiger partial charge in [0.25, 0.3) is 0 Å². The molecule has 4 heterocycles. The molecular formula is C24H42O20. The van der Waals surface area contributed by atoms with E-state index in [9.17, 15) is 66.4 Å². The molecule has 0 aromatic carbocycles. The van der Waals surface area contributed by atoms with Crippen molar-refractivity contribution in [1.29, 1.82) is 0 Å². The molecule has 0 saturated carbocycles. The van der Waals surface area contributed by atoms with Crippen molar-refractivity contribution in [2.45, 2.75) is 130 Å². The van der Waals surface area contributed by atoms with Crippen molar-refractivity contribution in [2.24, 2.45) is 0 Å². The lowest BCUT2D eigenvalue weighted by atomic mass is 9.96. The molecule has 4 saturated heterocycles. The van der Waals surface area contributed by atoms with Crippen LogP contribution >= 0.6 is 0 Å². The van der Waals surface area contributed by atoms with Gasteiger partial charge in [-0.1, -0.05) is 0 Å². The second-order valence-corrected chi connectivity index (χ2v) is 11.1. The number of hydrogen-bond donors (Lipinski definition) is 13. The van der Waals surface area contributed by atoms with Gasteiger partial charge in [0.15, 0.2) is 25.2 Å². The minimum atomic E-state index is -1.94. The minimum Gasteiger partial charge on any atom is -0.394 e. The van der Waals surface area contributed by atoms with E-state index in [1.165, 1.54) is 6.92 Å². The first-order chi connectivity index (χ1) is 20.7. The molecule has 20 heteroatoms. The summed E-state index contributed by atoms with van der Waals surface area (Å²) in [5, 5.41) is 133. The summed E-state index contributed by atoms with van der Waals surface area (Å²) in [6.45, 7) is -1.02. The Labute approximate surface area is 249 Å². The van der Waals surface area contributed by atoms with Crippen molar-refractivity contribution in [3.63, 3.8) is 0 Å². The van der Waals surface area contributed by atoms with Crippen molar-refractivity contribution in [1.82, 2.24) is 0 Å². The highest BCUT2D eigenvalue weighted by Gasteiger charge is 2.54. The zero-order chi connectivity index (χ0) is 32.6. The molecule has 4 rings (SSSR count). The first-order valence-corrected chi connectivity index (χ1v) is 14.0. The van der Waals surface area contributed by atoms with E-state index in [0.29, 0.717) is 0 Å². The Balaban J connectivity index is 1.50. The van der Waals surface area contributed by atoms with Crippen LogP contribution in [0.15, 0.2) is 0 Å². The third-order valence-corrected chi connectivity index (χ3v) is 8.16. The van der Waals surface area contributed by atoms with Gasteiger partial charge in [0.05, 0.1) is 25.9 Å². The summed E-state index contributed by atoms with van der Waals surface area (Å²) >= 11 is 0. The number of ether oxygens (including phenoxy) is 7. The summed E-state index contributed by atoms with van der Waals surface area (Å²) in [6, 6.07) is 0. The van der Waals surface area contributed by atoms with Crippen LogP contribution in [0.4, 0.5) is 0 Å². The van der Waals surface area contributed by atoms with E-state index < -0.39 is 143 Å². The Morgan fingerprint density at radius 1 is 0.409 bits per heavy atom. The maximum atomic E-state index is 11.0. The summed E-state index contributed by atoms with van der Waals surface area (Å²) in [5.41, 5.74) is 0. The van der Waals surface area contributed by atoms with Gasteiger partial charge in [0, 0.05) is 0 Å². The van der Waals surface area contributed by atoms with Gasteiger partial charge in [-0.3, -0.25) is 0 Å². The minimum absolute atomic E-state index is 0.753. The molecule has 258 valence electrons. The fourth-order valence-electron chi connectivity index (χ4n) is 5.49. The molecule has 0 aromatic heterocycles. The zero-order valence-corrected chi connectivity index (χ0v) is 23.3. The molecule has 13 N–H and O–H groups in total. The predicted octanol–water partition coefficient (Wildman–Crippen LogP) is -8.72. The number of hydrogen-bond acceptors (Lipinski definition) is 20. The Hall–Kier alpha value is -0.800. The van der Waals surface area contributed by atoms with E-state index in [-0.39, 0.29) is 0 Å². The molecule has 4 aliphatic heterocycles. The van der Waals surface area contributed by atoms with Gasteiger partial charge >= 0.3 is 0 Å². The maximum absolute atomic E-state index is 11.0. The monoisotopic (exact) mass is 650 g/mol. The van der Waals surface area contributed by atoms with E-state index in [1.54, 1.807) is 0 Å². The molecule has 20 atom stereocenters. The molecule has 0 aromatic rings. The van der Waals surface area contributed by atoms with E-state index in [4.69, 9.17) is 33.2 Å². The summed E-state index contributed by atoms with van der Waals surface area (Å²) in [4.78, 5) is 0. The first-order valence-electron chi connectivity index (χ1n) is 14.0. The largest absolute Gasteiger partial charge is 0.394 e. The average molecular weight is 651 g/mol. The van der Waals surface area contributed by atoms with Gasteiger partial charge in [0.1, 0.15) is 91.6 Å². The van der Waals surface area contributed by atoms with E-state index >= 15 is 0 Å². The molecule has 0 unspecified atom stereocenters. The highest BCUT2D eigenvalue weighted by Crippen LogP contribution is 2.34. The standard InChI is InChI=1S/C24H42O20/c1-5-18(14(33)16(35)22(38-5)43-19-11(30)8(4-27)39-21(37)17(19)36)42-24-20(13(32)10(29)7(3-26)41-24)44-23-15(34)12(31)9(28)6(2-25)40-23/h5-37H,2-4H2,1H3/t5-,6+,7+,8+,9-,10+,11-,12-,13-,14-,15+,16+,17+,18-,19-,20-,21-,22-,23+,24+/m0/s1. The third-order valence-electron chi connectivity index (χ3n) is 8.16. The Morgan fingerprint density at radius 3 is 1.43 bits per heavy atom. The van der Waals surface area contributed by atoms with Gasteiger partial charge in [-0.2, -0.15) is 0 Å². The van der Waals surface area contributed by atoms with Crippen LogP contribution in [0.5, 0.6) is 0 Å². The molecule has 0 radical (unpaired) electrons. The van der Waals surface area contributed by atoms with Crippen LogP contribution in [0, 0.1) is 0 Å². The molecule has 0 amide bonds. The molecule has 0 spiro atoms. The molecule has 44 heavy (non-hydrogen) atoms. The first kappa shape index (κ1) is 36.0. The van der Waals surface area contributed by atoms with Crippen molar-refractivity contribution < 1.29 is 99.5 Å². The van der Waals surface area contributed by atoms with E-state index in [2.05, 4.69) is 0 Å². The van der Waals surface area contributed by atoms with Crippen molar-refractivity contribution in [2.75, 3.05) is 19.8 Å². The summed E-state index contributed by atoms with van der Waals surface area (Å²) in [5.74, 6) is 0. The maximum Gasteiger partial charge on any atom is 0.187 e. The van der Waals surface area contributed by atoms with E-state index in [1.807, 2.05) is 0 Å². The number of aliphatic hydroxyl groups is 13. The number of aliphatic hydroxyl groups excluding tert-OH is 13. The lowest BCUT2D eigenvalue weighted by Gasteiger charge is -2.49. The second-order valence-electron chi connectivity index (χ2n) is 11.1. The fourth-order valence-corrected chi connectivity index (χ4v) is 5.49. The van der Waals surface area contributed by atoms with Crippen LogP contribution in [0.1, 0.15) is 6.92 Å². The zero-order valence-electron chi connectivity index (χ0n) is 23.3. The highest BCUT2D eigenvalue weighted by molar-refractivity contribution is 4.97. The molecule has 0 aliphatic carbocycles. The summed E-state index contributed by atoms with van der Waals surface area (Å²) < 4.78 is 38.2. The molecule has 4 aliphatic rings. The SMILES string of the molecule is C[C@@H]1O[C@@H](O[C@@H]2[C@@H](O)[C@@H](O)O[C@H](CO)[C@@H]2O)[C@H](O)[C@H](O)[C@H]1O[C@H]1O[C@H](CO)[C@@H](O)[C@H](O)[C@@H]1O[C@H]1O[C@H](CO)[C@H](O)[C@H](O)[C@H]1O. The highest BCUT2D eigenvalue weighted by atomic mass is 16.8. The topological polar surface area (TPSA) is 328 Å². The summed E-state index contributed by atoms with van der Waals surface area (Å²) in [6.07, 6.45) is -34.1. The van der Waals surface area contributed by atoms with Crippen molar-refractivity contribution in [3.8, 4) is 0 Å². The van der Waals surface area contributed by atoms with Gasteiger partial charge in [-0.25, -0.2) is 0 Å². The lowest BCUT2D eigenvalue weighted by molar-refractivity contribution is -0.392. The van der Waals surface area contributed by atoms with Crippen LogP contribution < -0.4 is 0 Å².